The number of aromatic nitrogens is 2. The van der Waals surface area contributed by atoms with Gasteiger partial charge in [-0.25, -0.2) is 0 Å². The van der Waals surface area contributed by atoms with Crippen molar-refractivity contribution in [2.24, 2.45) is 0 Å². The first kappa shape index (κ1) is 15.8. The number of thioether (sulfide) groups is 1. The van der Waals surface area contributed by atoms with E-state index < -0.39 is 10.8 Å². The van der Waals surface area contributed by atoms with Crippen LogP contribution in [0, 0.1) is 0 Å². The van der Waals surface area contributed by atoms with Crippen molar-refractivity contribution in [1.82, 2.24) is 20.4 Å². The Morgan fingerprint density at radius 1 is 1.48 bits per heavy atom. The van der Waals surface area contributed by atoms with Crippen LogP contribution in [0.3, 0.4) is 0 Å². The number of aryl methyl sites for hydroxylation is 1. The minimum Gasteiger partial charge on any atom is -0.423 e. The van der Waals surface area contributed by atoms with Crippen molar-refractivity contribution in [3.63, 3.8) is 0 Å². The predicted octanol–water partition coefficient (Wildman–Crippen LogP) is 0.601. The summed E-state index contributed by atoms with van der Waals surface area (Å²) in [6.07, 6.45) is 0.662. The number of amides is 2. The highest BCUT2D eigenvalue weighted by molar-refractivity contribution is 8.01. The van der Waals surface area contributed by atoms with Gasteiger partial charge in [-0.05, 0) is 13.8 Å². The van der Waals surface area contributed by atoms with E-state index in [1.807, 2.05) is 20.8 Å². The second-order valence-corrected chi connectivity index (χ2v) is 7.13. The zero-order valence-electron chi connectivity index (χ0n) is 12.7. The van der Waals surface area contributed by atoms with E-state index in [-0.39, 0.29) is 18.4 Å². The lowest BCUT2D eigenvalue weighted by atomic mass is 10.1. The van der Waals surface area contributed by atoms with E-state index in [1.165, 1.54) is 16.7 Å². The fourth-order valence-electron chi connectivity index (χ4n) is 1.91. The van der Waals surface area contributed by atoms with Crippen molar-refractivity contribution in [3.8, 4) is 0 Å². The maximum absolute atomic E-state index is 12.3. The van der Waals surface area contributed by atoms with Gasteiger partial charge >= 0.3 is 0 Å². The molecule has 0 aliphatic carbocycles. The second kappa shape index (κ2) is 6.05. The maximum atomic E-state index is 12.3. The Kier molecular flexibility index (Phi) is 4.55. The predicted molar refractivity (Wildman–Crippen MR) is 78.6 cm³/mol. The standard InChI is InChI=1S/C13H20N4O3S/c1-5-9-15-16-10(20-9)6-17(4)11(18)8-7-21-13(2,3)12(19)14-8/h8H,5-7H2,1-4H3,(H,14,19)/t8-/m1/s1. The molecule has 1 fully saturated rings. The molecule has 8 heteroatoms. The average Bonchev–Trinajstić information content (AvgIpc) is 2.88. The number of nitrogens with zero attached hydrogens (tertiary/aromatic N) is 3. The molecule has 2 rings (SSSR count). The zero-order chi connectivity index (χ0) is 15.6. The lowest BCUT2D eigenvalue weighted by Crippen LogP contribution is -2.57. The topological polar surface area (TPSA) is 88.3 Å². The number of hydrogen-bond acceptors (Lipinski definition) is 6. The third kappa shape index (κ3) is 3.55. The van der Waals surface area contributed by atoms with E-state index in [0.717, 1.165) is 0 Å². The van der Waals surface area contributed by atoms with E-state index in [1.54, 1.807) is 7.05 Å². The largest absolute Gasteiger partial charge is 0.423 e. The molecule has 1 aliphatic heterocycles. The van der Waals surface area contributed by atoms with Gasteiger partial charge in [0.05, 0.1) is 11.3 Å². The Balaban J connectivity index is 1.95. The van der Waals surface area contributed by atoms with Crippen LogP contribution in [0.4, 0.5) is 0 Å². The first-order valence-corrected chi connectivity index (χ1v) is 7.83. The highest BCUT2D eigenvalue weighted by Crippen LogP contribution is 2.29. The van der Waals surface area contributed by atoms with Crippen LogP contribution in [0.25, 0.3) is 0 Å². The number of hydrogen-bond donors (Lipinski definition) is 1. The lowest BCUT2D eigenvalue weighted by molar-refractivity contribution is -0.136. The monoisotopic (exact) mass is 312 g/mol. The number of rotatable bonds is 4. The van der Waals surface area contributed by atoms with Crippen molar-refractivity contribution >= 4 is 23.6 Å². The maximum Gasteiger partial charge on any atom is 0.246 e. The summed E-state index contributed by atoms with van der Waals surface area (Å²) in [6.45, 7) is 5.86. The lowest BCUT2D eigenvalue weighted by Gasteiger charge is -2.34. The first-order valence-electron chi connectivity index (χ1n) is 6.84. The Morgan fingerprint density at radius 2 is 2.14 bits per heavy atom. The van der Waals surface area contributed by atoms with Gasteiger partial charge in [0.1, 0.15) is 6.04 Å². The third-order valence-corrected chi connectivity index (χ3v) is 4.73. The van der Waals surface area contributed by atoms with E-state index >= 15 is 0 Å². The van der Waals surface area contributed by atoms with Gasteiger partial charge in [-0.1, -0.05) is 6.92 Å². The molecule has 0 aromatic carbocycles. The summed E-state index contributed by atoms with van der Waals surface area (Å²) in [5, 5.41) is 10.5. The molecule has 1 atom stereocenters. The van der Waals surface area contributed by atoms with Crippen LogP contribution in [0.5, 0.6) is 0 Å². The van der Waals surface area contributed by atoms with Gasteiger partial charge in [-0.2, -0.15) is 0 Å². The van der Waals surface area contributed by atoms with Crippen molar-refractivity contribution < 1.29 is 14.0 Å². The summed E-state index contributed by atoms with van der Waals surface area (Å²) in [7, 11) is 1.66. The normalized spacial score (nSPS) is 21.0. The number of nitrogens with one attached hydrogen (secondary N) is 1. The zero-order valence-corrected chi connectivity index (χ0v) is 13.5. The summed E-state index contributed by atoms with van der Waals surface area (Å²) < 4.78 is 4.90. The summed E-state index contributed by atoms with van der Waals surface area (Å²) >= 11 is 1.49. The molecule has 7 nitrogen and oxygen atoms in total. The van der Waals surface area contributed by atoms with Gasteiger partial charge in [0.15, 0.2) is 0 Å². The van der Waals surface area contributed by atoms with Gasteiger partial charge < -0.3 is 14.6 Å². The summed E-state index contributed by atoms with van der Waals surface area (Å²) in [5.41, 5.74) is 0. The minimum absolute atomic E-state index is 0.114. The number of carbonyl (C=O) groups is 2. The fraction of sp³-hybridized carbons (Fsp3) is 0.692. The van der Waals surface area contributed by atoms with Crippen LogP contribution in [0.1, 0.15) is 32.6 Å². The molecular weight excluding hydrogens is 292 g/mol. The van der Waals surface area contributed by atoms with Crippen LogP contribution >= 0.6 is 11.8 Å². The molecule has 1 N–H and O–H groups in total. The molecule has 2 amide bonds. The summed E-state index contributed by atoms with van der Waals surface area (Å²) in [4.78, 5) is 25.8. The Hall–Kier alpha value is -1.57. The molecule has 0 saturated carbocycles. The van der Waals surface area contributed by atoms with Gasteiger partial charge in [0.25, 0.3) is 0 Å². The van der Waals surface area contributed by atoms with Crippen LogP contribution in [0.15, 0.2) is 4.42 Å². The van der Waals surface area contributed by atoms with Crippen LogP contribution in [-0.2, 0) is 22.6 Å². The average molecular weight is 312 g/mol. The van der Waals surface area contributed by atoms with Gasteiger partial charge in [0.2, 0.25) is 23.6 Å². The minimum atomic E-state index is -0.505. The molecule has 2 heterocycles. The van der Waals surface area contributed by atoms with Crippen LogP contribution < -0.4 is 5.32 Å². The van der Waals surface area contributed by atoms with Crippen molar-refractivity contribution in [2.75, 3.05) is 12.8 Å². The molecule has 0 bridgehead atoms. The van der Waals surface area contributed by atoms with Crippen molar-refractivity contribution in [1.29, 1.82) is 0 Å². The van der Waals surface area contributed by atoms with E-state index in [4.69, 9.17) is 4.42 Å². The van der Waals surface area contributed by atoms with Gasteiger partial charge in [-0.3, -0.25) is 9.59 Å². The highest BCUT2D eigenvalue weighted by atomic mass is 32.2. The second-order valence-electron chi connectivity index (χ2n) is 5.48. The number of likely N-dealkylation sites (N-methyl/N-ethyl adjacent to an activating group) is 1. The quantitative estimate of drug-likeness (QED) is 0.876. The molecule has 21 heavy (non-hydrogen) atoms. The summed E-state index contributed by atoms with van der Waals surface area (Å²) in [5.74, 6) is 1.25. The first-order chi connectivity index (χ1) is 9.83. The van der Waals surface area contributed by atoms with E-state index in [0.29, 0.717) is 24.0 Å². The molecule has 0 unspecified atom stereocenters. The van der Waals surface area contributed by atoms with E-state index in [9.17, 15) is 9.59 Å². The third-order valence-electron chi connectivity index (χ3n) is 3.32. The van der Waals surface area contributed by atoms with Gasteiger partial charge in [0, 0.05) is 19.2 Å². The Morgan fingerprint density at radius 3 is 2.71 bits per heavy atom. The molecule has 1 aromatic rings. The van der Waals surface area contributed by atoms with Crippen LogP contribution in [-0.4, -0.2) is 50.5 Å². The van der Waals surface area contributed by atoms with Crippen molar-refractivity contribution in [2.45, 2.75) is 44.5 Å². The fourth-order valence-corrected chi connectivity index (χ4v) is 2.91. The van der Waals surface area contributed by atoms with Gasteiger partial charge in [-0.15, -0.1) is 22.0 Å². The molecule has 0 radical (unpaired) electrons. The Bertz CT molecular complexity index is 543. The molecule has 0 spiro atoms. The van der Waals surface area contributed by atoms with Crippen molar-refractivity contribution in [3.05, 3.63) is 11.8 Å². The highest BCUT2D eigenvalue weighted by Gasteiger charge is 2.38. The molecule has 116 valence electrons. The molecular formula is C13H20N4O3S. The molecule has 1 saturated heterocycles. The Labute approximate surface area is 127 Å². The SMILES string of the molecule is CCc1nnc(CN(C)C(=O)[C@H]2CSC(C)(C)C(=O)N2)o1. The van der Waals surface area contributed by atoms with E-state index in [2.05, 4.69) is 15.5 Å². The van der Waals surface area contributed by atoms with Crippen LogP contribution in [0.2, 0.25) is 0 Å². The molecule has 1 aliphatic rings. The number of carbonyl (C=O) groups excluding carboxylic acids is 2. The summed E-state index contributed by atoms with van der Waals surface area (Å²) in [6, 6.07) is -0.505. The smallest absolute Gasteiger partial charge is 0.246 e. The molecule has 1 aromatic heterocycles.